The lowest BCUT2D eigenvalue weighted by Crippen LogP contribution is -2.32. The summed E-state index contributed by atoms with van der Waals surface area (Å²) in [7, 11) is 0. The Bertz CT molecular complexity index is 467. The average Bonchev–Trinajstić information content (AvgIpc) is 2.57. The van der Waals surface area contributed by atoms with E-state index >= 15 is 0 Å². The Morgan fingerprint density at radius 2 is 1.95 bits per heavy atom. The van der Waals surface area contributed by atoms with Gasteiger partial charge < -0.3 is 16.4 Å². The zero-order valence-corrected chi connectivity index (χ0v) is 11.6. The fourth-order valence-electron chi connectivity index (χ4n) is 1.66. The number of aryl methyl sites for hydroxylation is 1. The van der Waals surface area contributed by atoms with Crippen LogP contribution in [-0.2, 0) is 16.1 Å². The van der Waals surface area contributed by atoms with Gasteiger partial charge in [-0.15, -0.1) is 0 Å². The number of amides is 2. The second-order valence-electron chi connectivity index (χ2n) is 4.30. The highest BCUT2D eigenvalue weighted by atomic mass is 16.2. The van der Waals surface area contributed by atoms with Crippen LogP contribution in [0.3, 0.4) is 0 Å². The Labute approximate surface area is 112 Å². The van der Waals surface area contributed by atoms with Crippen molar-refractivity contribution < 1.29 is 9.59 Å². The summed E-state index contributed by atoms with van der Waals surface area (Å²) in [5, 5.41) is 9.51. The molecule has 0 saturated carbocycles. The molecule has 0 aliphatic heterocycles. The minimum Gasteiger partial charge on any atom is -0.396 e. The third kappa shape index (κ3) is 4.27. The highest BCUT2D eigenvalue weighted by Gasteiger charge is 2.11. The summed E-state index contributed by atoms with van der Waals surface area (Å²) < 4.78 is 1.56. The van der Waals surface area contributed by atoms with Gasteiger partial charge in [0.05, 0.1) is 17.1 Å². The van der Waals surface area contributed by atoms with Gasteiger partial charge in [0, 0.05) is 19.5 Å². The second kappa shape index (κ2) is 6.77. The number of anilines is 1. The van der Waals surface area contributed by atoms with E-state index in [1.165, 1.54) is 0 Å². The largest absolute Gasteiger partial charge is 0.396 e. The van der Waals surface area contributed by atoms with Crippen LogP contribution in [0.4, 0.5) is 5.69 Å². The molecule has 7 heteroatoms. The van der Waals surface area contributed by atoms with E-state index in [2.05, 4.69) is 15.7 Å². The van der Waals surface area contributed by atoms with E-state index in [9.17, 15) is 9.59 Å². The van der Waals surface area contributed by atoms with Crippen molar-refractivity contribution in [2.24, 2.45) is 0 Å². The number of nitrogen functional groups attached to an aromatic ring is 1. The summed E-state index contributed by atoms with van der Waals surface area (Å²) in [6.07, 6.45) is 0.277. The molecule has 1 aromatic heterocycles. The molecule has 0 aliphatic rings. The number of carbonyl (C=O) groups is 2. The first kappa shape index (κ1) is 15.0. The molecule has 0 atom stereocenters. The number of nitrogens with two attached hydrogens (primary N) is 1. The minimum atomic E-state index is -0.185. The highest BCUT2D eigenvalue weighted by molar-refractivity contribution is 5.78. The van der Waals surface area contributed by atoms with Crippen molar-refractivity contribution >= 4 is 17.5 Å². The SMILES string of the molecule is CCNC(=O)CCNC(=O)Cn1nc(C)c(N)c1C. The smallest absolute Gasteiger partial charge is 0.241 e. The zero-order chi connectivity index (χ0) is 14.4. The molecule has 1 rings (SSSR count). The van der Waals surface area contributed by atoms with Crippen LogP contribution in [-0.4, -0.2) is 34.7 Å². The molecule has 7 nitrogen and oxygen atoms in total. The van der Waals surface area contributed by atoms with E-state index in [1.54, 1.807) is 11.6 Å². The van der Waals surface area contributed by atoms with Gasteiger partial charge in [0.2, 0.25) is 11.8 Å². The maximum Gasteiger partial charge on any atom is 0.241 e. The summed E-state index contributed by atoms with van der Waals surface area (Å²) in [5.41, 5.74) is 7.88. The normalized spacial score (nSPS) is 10.3. The fraction of sp³-hybridized carbons (Fsp3) is 0.583. The van der Waals surface area contributed by atoms with Crippen LogP contribution >= 0.6 is 0 Å². The molecule has 0 fully saturated rings. The van der Waals surface area contributed by atoms with E-state index < -0.39 is 0 Å². The van der Waals surface area contributed by atoms with Gasteiger partial charge in [-0.1, -0.05) is 0 Å². The number of rotatable bonds is 6. The number of carbonyl (C=O) groups excluding carboxylic acids is 2. The monoisotopic (exact) mass is 267 g/mol. The Hall–Kier alpha value is -2.05. The summed E-state index contributed by atoms with van der Waals surface area (Å²) in [5.74, 6) is -0.256. The Morgan fingerprint density at radius 1 is 1.26 bits per heavy atom. The number of hydrogen-bond donors (Lipinski definition) is 3. The van der Waals surface area contributed by atoms with Crippen LogP contribution in [0.1, 0.15) is 24.7 Å². The molecule has 1 aromatic rings. The van der Waals surface area contributed by atoms with Crippen molar-refractivity contribution in [3.63, 3.8) is 0 Å². The molecular weight excluding hydrogens is 246 g/mol. The zero-order valence-electron chi connectivity index (χ0n) is 11.6. The molecule has 0 aliphatic carbocycles. The molecule has 0 bridgehead atoms. The second-order valence-corrected chi connectivity index (χ2v) is 4.30. The summed E-state index contributed by atoms with van der Waals surface area (Å²) in [6.45, 7) is 6.49. The van der Waals surface area contributed by atoms with Crippen LogP contribution in [0.25, 0.3) is 0 Å². The van der Waals surface area contributed by atoms with E-state index in [4.69, 9.17) is 5.73 Å². The van der Waals surface area contributed by atoms with Gasteiger partial charge in [-0.3, -0.25) is 14.3 Å². The topological polar surface area (TPSA) is 102 Å². The third-order valence-electron chi connectivity index (χ3n) is 2.78. The van der Waals surface area contributed by atoms with E-state index in [-0.39, 0.29) is 24.8 Å². The van der Waals surface area contributed by atoms with Crippen molar-refractivity contribution in [3.05, 3.63) is 11.4 Å². The van der Waals surface area contributed by atoms with E-state index in [0.717, 1.165) is 5.69 Å². The predicted molar refractivity (Wildman–Crippen MR) is 72.4 cm³/mol. The maximum atomic E-state index is 11.7. The van der Waals surface area contributed by atoms with Gasteiger partial charge >= 0.3 is 0 Å². The molecule has 106 valence electrons. The molecule has 2 amide bonds. The summed E-state index contributed by atoms with van der Waals surface area (Å²) in [6, 6.07) is 0. The molecule has 0 aromatic carbocycles. The molecule has 0 unspecified atom stereocenters. The van der Waals surface area contributed by atoms with Crippen LogP contribution < -0.4 is 16.4 Å². The van der Waals surface area contributed by atoms with Crippen LogP contribution in [0.2, 0.25) is 0 Å². The standard InChI is InChI=1S/C12H21N5O2/c1-4-14-10(18)5-6-15-11(19)7-17-9(3)12(13)8(2)16-17/h4-7,13H2,1-3H3,(H,14,18)(H,15,19). The third-order valence-corrected chi connectivity index (χ3v) is 2.78. The first-order valence-electron chi connectivity index (χ1n) is 6.28. The van der Waals surface area contributed by atoms with Gasteiger partial charge in [-0.2, -0.15) is 5.10 Å². The quantitative estimate of drug-likeness (QED) is 0.660. The number of nitrogens with zero attached hydrogens (tertiary/aromatic N) is 2. The molecule has 4 N–H and O–H groups in total. The average molecular weight is 267 g/mol. The van der Waals surface area contributed by atoms with Gasteiger partial charge in [0.1, 0.15) is 6.54 Å². The first-order valence-corrected chi connectivity index (χ1v) is 6.28. The van der Waals surface area contributed by atoms with Crippen molar-refractivity contribution in [2.75, 3.05) is 18.8 Å². The lowest BCUT2D eigenvalue weighted by molar-refractivity contribution is -0.122. The fourth-order valence-corrected chi connectivity index (χ4v) is 1.66. The number of aromatic nitrogens is 2. The van der Waals surface area contributed by atoms with Gasteiger partial charge in [0.25, 0.3) is 0 Å². The minimum absolute atomic E-state index is 0.0711. The van der Waals surface area contributed by atoms with Crippen molar-refractivity contribution in [3.8, 4) is 0 Å². The molecule has 19 heavy (non-hydrogen) atoms. The molecule has 0 saturated heterocycles. The van der Waals surface area contributed by atoms with Gasteiger partial charge in [0.15, 0.2) is 0 Å². The van der Waals surface area contributed by atoms with Crippen LogP contribution in [0.5, 0.6) is 0 Å². The summed E-state index contributed by atoms with van der Waals surface area (Å²) in [4.78, 5) is 22.9. The van der Waals surface area contributed by atoms with Crippen molar-refractivity contribution in [1.82, 2.24) is 20.4 Å². The Balaban J connectivity index is 2.39. The lowest BCUT2D eigenvalue weighted by atomic mass is 10.3. The van der Waals surface area contributed by atoms with Crippen molar-refractivity contribution in [2.45, 2.75) is 33.7 Å². The van der Waals surface area contributed by atoms with Gasteiger partial charge in [-0.05, 0) is 20.8 Å². The predicted octanol–water partition coefficient (Wildman–Crippen LogP) is -0.275. The van der Waals surface area contributed by atoms with Crippen LogP contribution in [0, 0.1) is 13.8 Å². The number of nitrogens with one attached hydrogen (secondary N) is 2. The molecule has 0 spiro atoms. The van der Waals surface area contributed by atoms with E-state index in [0.29, 0.717) is 24.5 Å². The van der Waals surface area contributed by atoms with Crippen molar-refractivity contribution in [1.29, 1.82) is 0 Å². The Kier molecular flexibility index (Phi) is 5.35. The molecule has 1 heterocycles. The lowest BCUT2D eigenvalue weighted by Gasteiger charge is -2.07. The Morgan fingerprint density at radius 3 is 2.47 bits per heavy atom. The molecule has 0 radical (unpaired) electrons. The summed E-state index contributed by atoms with van der Waals surface area (Å²) >= 11 is 0. The maximum absolute atomic E-state index is 11.7. The molecular formula is C12H21N5O2. The highest BCUT2D eigenvalue weighted by Crippen LogP contribution is 2.14. The number of hydrogen-bond acceptors (Lipinski definition) is 4. The van der Waals surface area contributed by atoms with Crippen LogP contribution in [0.15, 0.2) is 0 Å². The van der Waals surface area contributed by atoms with E-state index in [1.807, 2.05) is 13.8 Å². The first-order chi connectivity index (χ1) is 8.95. The van der Waals surface area contributed by atoms with Gasteiger partial charge in [-0.25, -0.2) is 0 Å².